The van der Waals surface area contributed by atoms with Gasteiger partial charge in [-0.1, -0.05) is 6.07 Å². The molecule has 0 aliphatic carbocycles. The minimum Gasteiger partial charge on any atom is -0.390 e. The minimum absolute atomic E-state index is 0.181. The number of carbonyl (C=O) groups excluding carboxylic acids is 1. The molecule has 0 spiro atoms. The number of nitrogens with two attached hydrogens (primary N) is 1. The van der Waals surface area contributed by atoms with Gasteiger partial charge < -0.3 is 15.4 Å². The zero-order chi connectivity index (χ0) is 23.0. The van der Waals surface area contributed by atoms with Crippen LogP contribution in [0.5, 0.6) is 0 Å². The van der Waals surface area contributed by atoms with Gasteiger partial charge in [0.2, 0.25) is 0 Å². The Morgan fingerprint density at radius 1 is 1.22 bits per heavy atom. The third-order valence-corrected chi connectivity index (χ3v) is 5.29. The summed E-state index contributed by atoms with van der Waals surface area (Å²) in [5.74, 6) is -0.378. The molecule has 7 nitrogen and oxygen atoms in total. The second-order valence-electron chi connectivity index (χ2n) is 8.41. The van der Waals surface area contributed by atoms with Crippen molar-refractivity contribution >= 4 is 16.8 Å². The molecule has 0 aliphatic heterocycles. The minimum atomic E-state index is -0.877. The van der Waals surface area contributed by atoms with Crippen molar-refractivity contribution in [2.24, 2.45) is 5.73 Å². The van der Waals surface area contributed by atoms with E-state index in [1.165, 1.54) is 12.1 Å². The molecule has 3 heterocycles. The highest BCUT2D eigenvalue weighted by Gasteiger charge is 2.22. The monoisotopic (exact) mass is 433 g/mol. The van der Waals surface area contributed by atoms with E-state index >= 15 is 0 Å². The first kappa shape index (κ1) is 21.6. The van der Waals surface area contributed by atoms with Gasteiger partial charge in [-0.15, -0.1) is 0 Å². The summed E-state index contributed by atoms with van der Waals surface area (Å²) < 4.78 is 15.8. The highest BCUT2D eigenvalue weighted by molar-refractivity contribution is 5.98. The smallest absolute Gasteiger partial charge is 0.254 e. The molecule has 0 bridgehead atoms. The Morgan fingerprint density at radius 2 is 2.00 bits per heavy atom. The number of aromatic nitrogens is 4. The summed E-state index contributed by atoms with van der Waals surface area (Å²) in [5.41, 5.74) is 7.47. The Labute approximate surface area is 184 Å². The van der Waals surface area contributed by atoms with E-state index in [0.717, 1.165) is 5.56 Å². The van der Waals surface area contributed by atoms with Crippen molar-refractivity contribution in [3.8, 4) is 17.3 Å². The molecule has 0 unspecified atom stereocenters. The fraction of sp³-hybridized carbons (Fsp3) is 0.250. The number of hydrogen-bond acceptors (Lipinski definition) is 5. The lowest BCUT2D eigenvalue weighted by Crippen LogP contribution is -2.19. The van der Waals surface area contributed by atoms with Crippen molar-refractivity contribution in [2.45, 2.75) is 39.2 Å². The maximum atomic E-state index is 14.1. The van der Waals surface area contributed by atoms with Crippen LogP contribution in [0.15, 0.2) is 48.8 Å². The van der Waals surface area contributed by atoms with Gasteiger partial charge in [0.15, 0.2) is 11.6 Å². The molecule has 0 saturated carbocycles. The lowest BCUT2D eigenvalue weighted by atomic mass is 9.99. The average molecular weight is 433 g/mol. The van der Waals surface area contributed by atoms with Crippen molar-refractivity contribution in [3.05, 3.63) is 71.4 Å². The predicted octanol–water partition coefficient (Wildman–Crippen LogP) is 3.73. The topological polar surface area (TPSA) is 107 Å². The zero-order valence-corrected chi connectivity index (χ0v) is 18.1. The molecule has 32 heavy (non-hydrogen) atoms. The van der Waals surface area contributed by atoms with Gasteiger partial charge in [-0.2, -0.15) is 0 Å². The molecular weight excluding hydrogens is 409 g/mol. The van der Waals surface area contributed by atoms with Crippen molar-refractivity contribution < 1.29 is 14.3 Å². The third-order valence-electron chi connectivity index (χ3n) is 5.29. The van der Waals surface area contributed by atoms with Crippen LogP contribution < -0.4 is 5.73 Å². The van der Waals surface area contributed by atoms with Gasteiger partial charge >= 0.3 is 0 Å². The van der Waals surface area contributed by atoms with Crippen molar-refractivity contribution in [2.75, 3.05) is 0 Å². The number of aliphatic hydroxyl groups is 1. The summed E-state index contributed by atoms with van der Waals surface area (Å²) in [5, 5.41) is 10.9. The summed E-state index contributed by atoms with van der Waals surface area (Å²) >= 11 is 0. The molecule has 4 aromatic rings. The van der Waals surface area contributed by atoms with Crippen LogP contribution in [0.1, 0.15) is 41.9 Å². The standard InChI is InChI=1S/C24H24FN5O2/c1-14-20(21(26)31)23(29-22(28-14)18-6-4-5-11-27-18)30-13-15(9-10-24(2,3)32)17-12-16(25)7-8-19(17)30/h4-8,11-13,32H,9-10H2,1-3H3,(H2,26,31). The lowest BCUT2D eigenvalue weighted by Gasteiger charge is -2.16. The Morgan fingerprint density at radius 3 is 2.66 bits per heavy atom. The van der Waals surface area contributed by atoms with Crippen LogP contribution in [-0.2, 0) is 6.42 Å². The van der Waals surface area contributed by atoms with Gasteiger partial charge in [0.05, 0.1) is 16.8 Å². The molecule has 1 aromatic carbocycles. The molecule has 3 N–H and O–H groups in total. The second-order valence-corrected chi connectivity index (χ2v) is 8.41. The summed E-state index contributed by atoms with van der Waals surface area (Å²) in [7, 11) is 0. The fourth-order valence-corrected chi connectivity index (χ4v) is 3.72. The fourth-order valence-electron chi connectivity index (χ4n) is 3.72. The number of primary amides is 1. The van der Waals surface area contributed by atoms with Gasteiger partial charge in [0.25, 0.3) is 5.91 Å². The summed E-state index contributed by atoms with van der Waals surface area (Å²) in [6.07, 6.45) is 4.44. The van der Waals surface area contributed by atoms with Crippen LogP contribution in [0.4, 0.5) is 4.39 Å². The van der Waals surface area contributed by atoms with Gasteiger partial charge in [-0.05, 0) is 69.5 Å². The lowest BCUT2D eigenvalue weighted by molar-refractivity contribution is 0.0715. The van der Waals surface area contributed by atoms with E-state index in [1.807, 2.05) is 12.3 Å². The molecule has 8 heteroatoms. The van der Waals surface area contributed by atoms with E-state index in [0.29, 0.717) is 46.8 Å². The van der Waals surface area contributed by atoms with Crippen LogP contribution in [0.3, 0.4) is 0 Å². The first-order valence-electron chi connectivity index (χ1n) is 10.3. The number of nitrogens with zero attached hydrogens (tertiary/aromatic N) is 4. The van der Waals surface area contributed by atoms with Crippen molar-refractivity contribution in [3.63, 3.8) is 0 Å². The highest BCUT2D eigenvalue weighted by Crippen LogP contribution is 2.30. The summed E-state index contributed by atoms with van der Waals surface area (Å²) in [6.45, 7) is 5.15. The van der Waals surface area contributed by atoms with E-state index < -0.39 is 11.5 Å². The number of hydrogen-bond donors (Lipinski definition) is 2. The van der Waals surface area contributed by atoms with Crippen LogP contribution in [0.2, 0.25) is 0 Å². The van der Waals surface area contributed by atoms with Crippen molar-refractivity contribution in [1.82, 2.24) is 19.5 Å². The Balaban J connectivity index is 1.97. The van der Waals surface area contributed by atoms with Crippen molar-refractivity contribution in [1.29, 1.82) is 0 Å². The first-order valence-corrected chi connectivity index (χ1v) is 10.3. The van der Waals surface area contributed by atoms with E-state index in [2.05, 4.69) is 15.0 Å². The van der Waals surface area contributed by atoms with E-state index in [4.69, 9.17) is 5.73 Å². The number of rotatable bonds is 6. The number of amides is 1. The highest BCUT2D eigenvalue weighted by atomic mass is 19.1. The molecule has 0 aliphatic rings. The molecule has 4 rings (SSSR count). The summed E-state index contributed by atoms with van der Waals surface area (Å²) in [4.78, 5) is 25.7. The largest absolute Gasteiger partial charge is 0.390 e. The zero-order valence-electron chi connectivity index (χ0n) is 18.1. The van der Waals surface area contributed by atoms with Crippen LogP contribution in [-0.4, -0.2) is 36.1 Å². The molecule has 164 valence electrons. The number of halogens is 1. The number of carbonyl (C=O) groups is 1. The normalized spacial score (nSPS) is 11.8. The van der Waals surface area contributed by atoms with Gasteiger partial charge in [0, 0.05) is 17.8 Å². The molecule has 0 saturated heterocycles. The van der Waals surface area contributed by atoms with E-state index in [9.17, 15) is 14.3 Å². The number of pyridine rings is 1. The quantitative estimate of drug-likeness (QED) is 0.482. The van der Waals surface area contributed by atoms with Gasteiger partial charge in [-0.25, -0.2) is 14.4 Å². The van der Waals surface area contributed by atoms with Crippen LogP contribution in [0, 0.1) is 12.7 Å². The molecule has 0 atom stereocenters. The molecule has 1 amide bonds. The van der Waals surface area contributed by atoms with Crippen LogP contribution >= 0.6 is 0 Å². The Bertz CT molecular complexity index is 1310. The maximum Gasteiger partial charge on any atom is 0.254 e. The predicted molar refractivity (Wildman–Crippen MR) is 120 cm³/mol. The van der Waals surface area contributed by atoms with Gasteiger partial charge in [0.1, 0.15) is 17.1 Å². The number of benzene rings is 1. The number of aryl methyl sites for hydroxylation is 2. The Kier molecular flexibility index (Phi) is 5.48. The number of fused-ring (bicyclic) bond motifs is 1. The molecule has 0 radical (unpaired) electrons. The first-order chi connectivity index (χ1) is 15.1. The molecular formula is C24H24FN5O2. The Hall–Kier alpha value is -3.65. The van der Waals surface area contributed by atoms with Gasteiger partial charge in [-0.3, -0.25) is 9.78 Å². The summed E-state index contributed by atoms with van der Waals surface area (Å²) in [6, 6.07) is 9.84. The van der Waals surface area contributed by atoms with E-state index in [1.54, 1.807) is 49.7 Å². The molecule has 3 aromatic heterocycles. The maximum absolute atomic E-state index is 14.1. The van der Waals surface area contributed by atoms with Crippen LogP contribution in [0.25, 0.3) is 28.2 Å². The third kappa shape index (κ3) is 4.22. The second kappa shape index (κ2) is 8.12. The SMILES string of the molecule is Cc1nc(-c2ccccn2)nc(-n2cc(CCC(C)(C)O)c3cc(F)ccc32)c1C(N)=O. The van der Waals surface area contributed by atoms with E-state index in [-0.39, 0.29) is 11.4 Å². The average Bonchev–Trinajstić information content (AvgIpc) is 3.09. The molecule has 0 fully saturated rings.